The third-order valence-corrected chi connectivity index (χ3v) is 5.35. The molecule has 2 saturated heterocycles. The summed E-state index contributed by atoms with van der Waals surface area (Å²) in [5.74, 6) is 1.24. The van der Waals surface area contributed by atoms with Crippen LogP contribution in [0.5, 0.6) is 0 Å². The molecule has 3 rings (SSSR count). The van der Waals surface area contributed by atoms with Gasteiger partial charge in [-0.25, -0.2) is 0 Å². The molecule has 0 aliphatic carbocycles. The largest absolute Gasteiger partial charge is 0.355 e. The molecule has 1 amide bonds. The molecule has 2 bridgehead atoms. The number of carbonyl (C=O) groups excluding carboxylic acids is 1. The number of piperidine rings is 1. The number of rotatable bonds is 6. The molecule has 2 aliphatic heterocycles. The molecule has 22 heavy (non-hydrogen) atoms. The van der Waals surface area contributed by atoms with Gasteiger partial charge in [0.05, 0.1) is 0 Å². The van der Waals surface area contributed by atoms with Gasteiger partial charge in [0.15, 0.2) is 0 Å². The van der Waals surface area contributed by atoms with E-state index in [-0.39, 0.29) is 5.91 Å². The van der Waals surface area contributed by atoms with Crippen molar-refractivity contribution in [3.05, 3.63) is 35.9 Å². The van der Waals surface area contributed by atoms with E-state index in [9.17, 15) is 4.79 Å². The summed E-state index contributed by atoms with van der Waals surface area (Å²) in [5, 5.41) is 6.81. The third kappa shape index (κ3) is 3.89. The standard InChI is InChI=1S/C19H28N2O/c1-2-15(16-6-4-3-5-7-16)13-20-19(22)12-14-10-17-8-9-18(11-14)21-17/h3-7,14-15,17-18,21H,2,8-13H2,1H3,(H,20,22). The molecule has 3 atom stereocenters. The van der Waals surface area contributed by atoms with Crippen molar-refractivity contribution in [2.45, 2.75) is 63.5 Å². The molecule has 2 fully saturated rings. The SMILES string of the molecule is CCC(CNC(=O)CC1CC2CCC(C1)N2)c1ccccc1. The van der Waals surface area contributed by atoms with Crippen LogP contribution in [0, 0.1) is 5.92 Å². The monoisotopic (exact) mass is 300 g/mol. The minimum absolute atomic E-state index is 0.237. The minimum atomic E-state index is 0.237. The molecule has 2 heterocycles. The molecule has 2 N–H and O–H groups in total. The first kappa shape index (κ1) is 15.5. The fraction of sp³-hybridized carbons (Fsp3) is 0.632. The highest BCUT2D eigenvalue weighted by atomic mass is 16.1. The number of nitrogens with one attached hydrogen (secondary N) is 2. The first-order valence-electron chi connectivity index (χ1n) is 8.82. The predicted molar refractivity (Wildman–Crippen MR) is 89.8 cm³/mol. The Hall–Kier alpha value is -1.35. The maximum Gasteiger partial charge on any atom is 0.220 e. The molecule has 2 aliphatic rings. The van der Waals surface area contributed by atoms with Gasteiger partial charge in [-0.1, -0.05) is 37.3 Å². The van der Waals surface area contributed by atoms with E-state index in [0.717, 1.165) is 13.0 Å². The van der Waals surface area contributed by atoms with Gasteiger partial charge < -0.3 is 10.6 Å². The Bertz CT molecular complexity index is 475. The molecule has 1 aromatic carbocycles. The van der Waals surface area contributed by atoms with Crippen LogP contribution in [-0.4, -0.2) is 24.5 Å². The van der Waals surface area contributed by atoms with E-state index in [1.807, 2.05) is 6.07 Å². The fourth-order valence-electron chi connectivity index (χ4n) is 4.14. The Labute approximate surface area is 133 Å². The fourth-order valence-corrected chi connectivity index (χ4v) is 4.14. The van der Waals surface area contributed by atoms with Crippen molar-refractivity contribution in [3.63, 3.8) is 0 Å². The summed E-state index contributed by atoms with van der Waals surface area (Å²) < 4.78 is 0. The van der Waals surface area contributed by atoms with Crippen LogP contribution >= 0.6 is 0 Å². The topological polar surface area (TPSA) is 41.1 Å². The molecule has 0 spiro atoms. The van der Waals surface area contributed by atoms with Crippen LogP contribution in [-0.2, 0) is 4.79 Å². The second-order valence-corrected chi connectivity index (χ2v) is 7.00. The summed E-state index contributed by atoms with van der Waals surface area (Å²) in [6.45, 7) is 2.95. The number of hydrogen-bond donors (Lipinski definition) is 2. The van der Waals surface area contributed by atoms with E-state index < -0.39 is 0 Å². The van der Waals surface area contributed by atoms with E-state index in [1.54, 1.807) is 0 Å². The highest BCUT2D eigenvalue weighted by molar-refractivity contribution is 5.76. The lowest BCUT2D eigenvalue weighted by Gasteiger charge is -2.28. The van der Waals surface area contributed by atoms with Crippen molar-refractivity contribution < 1.29 is 4.79 Å². The average molecular weight is 300 g/mol. The summed E-state index contributed by atoms with van der Waals surface area (Å²) in [6, 6.07) is 11.8. The zero-order valence-electron chi connectivity index (χ0n) is 13.6. The van der Waals surface area contributed by atoms with Crippen molar-refractivity contribution in [3.8, 4) is 0 Å². The summed E-state index contributed by atoms with van der Waals surface area (Å²) in [4.78, 5) is 12.3. The van der Waals surface area contributed by atoms with Gasteiger partial charge in [0, 0.05) is 31.0 Å². The smallest absolute Gasteiger partial charge is 0.220 e. The first-order chi connectivity index (χ1) is 10.7. The van der Waals surface area contributed by atoms with Crippen LogP contribution in [0.4, 0.5) is 0 Å². The Kier molecular flexibility index (Phi) is 5.14. The van der Waals surface area contributed by atoms with Crippen molar-refractivity contribution in [2.75, 3.05) is 6.54 Å². The Balaban J connectivity index is 1.45. The highest BCUT2D eigenvalue weighted by Gasteiger charge is 2.34. The Morgan fingerprint density at radius 1 is 1.23 bits per heavy atom. The lowest BCUT2D eigenvalue weighted by Crippen LogP contribution is -2.40. The Morgan fingerprint density at radius 3 is 2.55 bits per heavy atom. The van der Waals surface area contributed by atoms with Crippen LogP contribution in [0.3, 0.4) is 0 Å². The van der Waals surface area contributed by atoms with Crippen molar-refractivity contribution in [1.29, 1.82) is 0 Å². The van der Waals surface area contributed by atoms with E-state index in [0.29, 0.717) is 30.3 Å². The number of benzene rings is 1. The van der Waals surface area contributed by atoms with Crippen LogP contribution in [0.1, 0.15) is 56.9 Å². The van der Waals surface area contributed by atoms with Crippen LogP contribution in [0.2, 0.25) is 0 Å². The quantitative estimate of drug-likeness (QED) is 0.847. The molecule has 3 heteroatoms. The maximum atomic E-state index is 12.3. The van der Waals surface area contributed by atoms with E-state index in [1.165, 1.54) is 31.2 Å². The Morgan fingerprint density at radius 2 is 1.91 bits per heavy atom. The van der Waals surface area contributed by atoms with Crippen LogP contribution in [0.15, 0.2) is 30.3 Å². The molecule has 120 valence electrons. The highest BCUT2D eigenvalue weighted by Crippen LogP contribution is 2.32. The molecule has 0 saturated carbocycles. The van der Waals surface area contributed by atoms with Gasteiger partial charge in [-0.05, 0) is 43.6 Å². The predicted octanol–water partition coefficient (Wildman–Crippen LogP) is 3.22. The van der Waals surface area contributed by atoms with Gasteiger partial charge >= 0.3 is 0 Å². The van der Waals surface area contributed by atoms with Gasteiger partial charge in [0.1, 0.15) is 0 Å². The van der Waals surface area contributed by atoms with Gasteiger partial charge in [0.2, 0.25) is 5.91 Å². The second-order valence-electron chi connectivity index (χ2n) is 7.00. The van der Waals surface area contributed by atoms with Gasteiger partial charge in [0.25, 0.3) is 0 Å². The van der Waals surface area contributed by atoms with Crippen molar-refractivity contribution >= 4 is 5.91 Å². The molecule has 3 nitrogen and oxygen atoms in total. The molecular formula is C19H28N2O. The number of carbonyl (C=O) groups is 1. The molecule has 3 unspecified atom stereocenters. The summed E-state index contributed by atoms with van der Waals surface area (Å²) in [6.07, 6.45) is 6.73. The first-order valence-corrected chi connectivity index (χ1v) is 8.82. The van der Waals surface area contributed by atoms with Gasteiger partial charge in [-0.3, -0.25) is 4.79 Å². The van der Waals surface area contributed by atoms with Crippen molar-refractivity contribution in [2.24, 2.45) is 5.92 Å². The summed E-state index contributed by atoms with van der Waals surface area (Å²) >= 11 is 0. The number of hydrogen-bond acceptors (Lipinski definition) is 2. The van der Waals surface area contributed by atoms with Crippen LogP contribution in [0.25, 0.3) is 0 Å². The summed E-state index contributed by atoms with van der Waals surface area (Å²) in [5.41, 5.74) is 1.32. The van der Waals surface area contributed by atoms with E-state index in [2.05, 4.69) is 41.8 Å². The van der Waals surface area contributed by atoms with Gasteiger partial charge in [-0.2, -0.15) is 0 Å². The van der Waals surface area contributed by atoms with Crippen LogP contribution < -0.4 is 10.6 Å². The minimum Gasteiger partial charge on any atom is -0.355 e. The summed E-state index contributed by atoms with van der Waals surface area (Å²) in [7, 11) is 0. The maximum absolute atomic E-state index is 12.3. The lowest BCUT2D eigenvalue weighted by molar-refractivity contribution is -0.122. The second kappa shape index (κ2) is 7.28. The number of fused-ring (bicyclic) bond motifs is 2. The van der Waals surface area contributed by atoms with Gasteiger partial charge in [-0.15, -0.1) is 0 Å². The number of amides is 1. The zero-order valence-corrected chi connectivity index (χ0v) is 13.6. The molecule has 0 radical (unpaired) electrons. The molecule has 0 aromatic heterocycles. The molecule has 1 aromatic rings. The normalized spacial score (nSPS) is 28.3. The molecular weight excluding hydrogens is 272 g/mol. The third-order valence-electron chi connectivity index (χ3n) is 5.35. The zero-order chi connectivity index (χ0) is 15.4. The lowest BCUT2D eigenvalue weighted by atomic mass is 9.89. The van der Waals surface area contributed by atoms with E-state index in [4.69, 9.17) is 0 Å². The average Bonchev–Trinajstić information content (AvgIpc) is 2.88. The van der Waals surface area contributed by atoms with E-state index >= 15 is 0 Å². The van der Waals surface area contributed by atoms with Crippen molar-refractivity contribution in [1.82, 2.24) is 10.6 Å².